The first-order valence-electron chi connectivity index (χ1n) is 7.78. The van der Waals surface area contributed by atoms with E-state index < -0.39 is 0 Å². The maximum Gasteiger partial charge on any atom is 0.220 e. The molecule has 2 N–H and O–H groups in total. The molecule has 1 fully saturated rings. The summed E-state index contributed by atoms with van der Waals surface area (Å²) in [5.74, 6) is 1.44. The summed E-state index contributed by atoms with van der Waals surface area (Å²) >= 11 is 0. The smallest absolute Gasteiger partial charge is 0.220 e. The molecule has 3 rings (SSSR count). The number of benzene rings is 1. The predicted molar refractivity (Wildman–Crippen MR) is 91.2 cm³/mol. The van der Waals surface area contributed by atoms with E-state index >= 15 is 0 Å². The van der Waals surface area contributed by atoms with Crippen molar-refractivity contribution in [2.75, 3.05) is 13.1 Å². The first kappa shape index (κ1) is 17.5. The van der Waals surface area contributed by atoms with Crippen LogP contribution in [0.25, 0.3) is 11.3 Å². The van der Waals surface area contributed by atoms with Gasteiger partial charge in [0.1, 0.15) is 5.69 Å². The highest BCUT2D eigenvalue weighted by Crippen LogP contribution is 2.22. The van der Waals surface area contributed by atoms with Crippen LogP contribution in [0.5, 0.6) is 0 Å². The van der Waals surface area contributed by atoms with Crippen molar-refractivity contribution in [3.8, 4) is 11.3 Å². The number of rotatable bonds is 6. The van der Waals surface area contributed by atoms with E-state index in [0.29, 0.717) is 18.9 Å². The summed E-state index contributed by atoms with van der Waals surface area (Å²) in [4.78, 5) is 16.2. The van der Waals surface area contributed by atoms with Crippen LogP contribution in [0.1, 0.15) is 25.0 Å². The van der Waals surface area contributed by atoms with Crippen LogP contribution >= 0.6 is 12.4 Å². The zero-order chi connectivity index (χ0) is 15.2. The van der Waals surface area contributed by atoms with Crippen LogP contribution in [-0.2, 0) is 11.3 Å². The van der Waals surface area contributed by atoms with E-state index in [1.54, 1.807) is 0 Å². The quantitative estimate of drug-likeness (QED) is 0.851. The Bertz CT molecular complexity index is 609. The summed E-state index contributed by atoms with van der Waals surface area (Å²) in [6, 6.07) is 9.81. The Labute approximate surface area is 142 Å². The van der Waals surface area contributed by atoms with Crippen LogP contribution in [0.15, 0.2) is 41.1 Å². The fourth-order valence-corrected chi connectivity index (χ4v) is 2.79. The molecule has 0 saturated carbocycles. The zero-order valence-electron chi connectivity index (χ0n) is 13.0. The SMILES string of the molecule is Cl.O=C(CCC1CCNC1)NCc1ncoc1-c1ccccc1. The molecular formula is C17H22ClN3O2. The molecule has 1 aromatic carbocycles. The minimum absolute atomic E-state index is 0. The lowest BCUT2D eigenvalue weighted by Gasteiger charge is -2.08. The van der Waals surface area contributed by atoms with Crippen molar-refractivity contribution in [3.05, 3.63) is 42.4 Å². The van der Waals surface area contributed by atoms with Gasteiger partial charge in [0.2, 0.25) is 5.91 Å². The van der Waals surface area contributed by atoms with Crippen LogP contribution in [0.3, 0.4) is 0 Å². The molecule has 1 atom stereocenters. The van der Waals surface area contributed by atoms with Crippen LogP contribution in [0.4, 0.5) is 0 Å². The van der Waals surface area contributed by atoms with Gasteiger partial charge in [0.15, 0.2) is 12.2 Å². The van der Waals surface area contributed by atoms with Crippen molar-refractivity contribution in [1.82, 2.24) is 15.6 Å². The van der Waals surface area contributed by atoms with Gasteiger partial charge >= 0.3 is 0 Å². The number of nitrogens with zero attached hydrogens (tertiary/aromatic N) is 1. The number of amides is 1. The molecule has 0 spiro atoms. The first-order valence-corrected chi connectivity index (χ1v) is 7.78. The summed E-state index contributed by atoms with van der Waals surface area (Å²) in [6.45, 7) is 2.52. The number of hydrogen-bond donors (Lipinski definition) is 2. The molecule has 5 nitrogen and oxygen atoms in total. The molecule has 1 saturated heterocycles. The Morgan fingerprint density at radius 1 is 1.35 bits per heavy atom. The van der Waals surface area contributed by atoms with Gasteiger partial charge in [0.05, 0.1) is 6.54 Å². The normalized spacial score (nSPS) is 16.8. The molecule has 1 aliphatic heterocycles. The zero-order valence-corrected chi connectivity index (χ0v) is 13.8. The average Bonchev–Trinajstić information content (AvgIpc) is 3.23. The number of carbonyl (C=O) groups excluding carboxylic acids is 1. The van der Waals surface area contributed by atoms with Gasteiger partial charge < -0.3 is 15.1 Å². The van der Waals surface area contributed by atoms with Gasteiger partial charge in [0, 0.05) is 12.0 Å². The lowest BCUT2D eigenvalue weighted by atomic mass is 10.0. The molecular weight excluding hydrogens is 314 g/mol. The molecule has 2 aromatic rings. The molecule has 124 valence electrons. The number of aromatic nitrogens is 1. The number of carbonyl (C=O) groups is 1. The summed E-state index contributed by atoms with van der Waals surface area (Å²) in [7, 11) is 0. The topological polar surface area (TPSA) is 67.2 Å². The standard InChI is InChI=1S/C17H21N3O2.ClH/c21-16(7-6-13-8-9-18-10-13)19-11-15-17(22-12-20-15)14-4-2-1-3-5-14;/h1-5,12-13,18H,6-11H2,(H,19,21);1H. The number of hydrogen-bond acceptors (Lipinski definition) is 4. The highest BCUT2D eigenvalue weighted by atomic mass is 35.5. The maximum atomic E-state index is 12.0. The van der Waals surface area contributed by atoms with Gasteiger partial charge in [-0.15, -0.1) is 12.4 Å². The van der Waals surface area contributed by atoms with Crippen LogP contribution < -0.4 is 10.6 Å². The maximum absolute atomic E-state index is 12.0. The van der Waals surface area contributed by atoms with Crippen molar-refractivity contribution in [1.29, 1.82) is 0 Å². The molecule has 1 amide bonds. The lowest BCUT2D eigenvalue weighted by Crippen LogP contribution is -2.24. The fourth-order valence-electron chi connectivity index (χ4n) is 2.79. The van der Waals surface area contributed by atoms with Crippen LogP contribution in [0.2, 0.25) is 0 Å². The first-order chi connectivity index (χ1) is 10.8. The molecule has 23 heavy (non-hydrogen) atoms. The average molecular weight is 336 g/mol. The van der Waals surface area contributed by atoms with Crippen molar-refractivity contribution in [2.45, 2.75) is 25.8 Å². The molecule has 0 radical (unpaired) electrons. The van der Waals surface area contributed by atoms with Crippen molar-refractivity contribution in [3.63, 3.8) is 0 Å². The largest absolute Gasteiger partial charge is 0.443 e. The third-order valence-electron chi connectivity index (χ3n) is 4.07. The predicted octanol–water partition coefficient (Wildman–Crippen LogP) is 2.77. The van der Waals surface area contributed by atoms with E-state index in [0.717, 1.165) is 36.5 Å². The van der Waals surface area contributed by atoms with Crippen molar-refractivity contribution < 1.29 is 9.21 Å². The molecule has 0 aliphatic carbocycles. The summed E-state index contributed by atoms with van der Waals surface area (Å²) < 4.78 is 5.45. The second-order valence-corrected chi connectivity index (χ2v) is 5.67. The van der Waals surface area contributed by atoms with Gasteiger partial charge in [-0.2, -0.15) is 0 Å². The third-order valence-corrected chi connectivity index (χ3v) is 4.07. The van der Waals surface area contributed by atoms with E-state index in [1.807, 2.05) is 30.3 Å². The van der Waals surface area contributed by atoms with Gasteiger partial charge in [-0.1, -0.05) is 30.3 Å². The third kappa shape index (κ3) is 4.81. The highest BCUT2D eigenvalue weighted by molar-refractivity contribution is 5.85. The van der Waals surface area contributed by atoms with Gasteiger partial charge in [-0.25, -0.2) is 4.98 Å². The molecule has 0 bridgehead atoms. The second kappa shape index (κ2) is 8.70. The lowest BCUT2D eigenvalue weighted by molar-refractivity contribution is -0.121. The highest BCUT2D eigenvalue weighted by Gasteiger charge is 2.16. The Balaban J connectivity index is 0.00000192. The summed E-state index contributed by atoms with van der Waals surface area (Å²) in [6.07, 6.45) is 4.12. The minimum Gasteiger partial charge on any atom is -0.443 e. The Morgan fingerprint density at radius 3 is 2.91 bits per heavy atom. The van der Waals surface area contributed by atoms with Crippen molar-refractivity contribution in [2.24, 2.45) is 5.92 Å². The second-order valence-electron chi connectivity index (χ2n) is 5.67. The molecule has 1 unspecified atom stereocenters. The Morgan fingerprint density at radius 2 is 2.17 bits per heavy atom. The van der Waals surface area contributed by atoms with Gasteiger partial charge in [0.25, 0.3) is 0 Å². The minimum atomic E-state index is 0. The number of oxazole rings is 1. The van der Waals surface area contributed by atoms with Crippen molar-refractivity contribution >= 4 is 18.3 Å². The van der Waals surface area contributed by atoms with Crippen LogP contribution in [-0.4, -0.2) is 24.0 Å². The molecule has 1 aromatic heterocycles. The van der Waals surface area contributed by atoms with Gasteiger partial charge in [-0.3, -0.25) is 4.79 Å². The van der Waals surface area contributed by atoms with E-state index in [1.165, 1.54) is 12.8 Å². The fraction of sp³-hybridized carbons (Fsp3) is 0.412. The van der Waals surface area contributed by atoms with E-state index in [2.05, 4.69) is 15.6 Å². The molecule has 6 heteroatoms. The van der Waals surface area contributed by atoms with E-state index in [9.17, 15) is 4.79 Å². The number of halogens is 1. The molecule has 2 heterocycles. The van der Waals surface area contributed by atoms with Crippen LogP contribution in [0, 0.1) is 5.92 Å². The monoisotopic (exact) mass is 335 g/mol. The Kier molecular flexibility index (Phi) is 6.62. The number of nitrogens with one attached hydrogen (secondary N) is 2. The summed E-state index contributed by atoms with van der Waals surface area (Å²) in [5.41, 5.74) is 1.74. The van der Waals surface area contributed by atoms with Gasteiger partial charge in [-0.05, 0) is 31.8 Å². The Hall–Kier alpha value is -1.85. The molecule has 1 aliphatic rings. The summed E-state index contributed by atoms with van der Waals surface area (Å²) in [5, 5.41) is 6.26. The van der Waals surface area contributed by atoms with E-state index in [4.69, 9.17) is 4.42 Å². The van der Waals surface area contributed by atoms with E-state index in [-0.39, 0.29) is 18.3 Å².